The van der Waals surface area contributed by atoms with Crippen LogP contribution in [0.4, 0.5) is 0 Å². The van der Waals surface area contributed by atoms with Gasteiger partial charge >= 0.3 is 11.4 Å². The van der Waals surface area contributed by atoms with Crippen molar-refractivity contribution in [3.63, 3.8) is 0 Å². The highest BCUT2D eigenvalue weighted by Crippen LogP contribution is 2.26. The third kappa shape index (κ3) is 5.38. The molecule has 0 unspecified atom stereocenters. The fraction of sp³-hybridized carbons (Fsp3) is 0. The van der Waals surface area contributed by atoms with Crippen molar-refractivity contribution in [2.24, 2.45) is 0 Å². The van der Waals surface area contributed by atoms with Crippen molar-refractivity contribution in [2.45, 2.75) is 0 Å². The zero-order chi connectivity index (χ0) is 25.3. The highest BCUT2D eigenvalue weighted by molar-refractivity contribution is 6.81. The molecule has 0 radical (unpaired) electrons. The van der Waals surface area contributed by atoms with E-state index in [4.69, 9.17) is 9.47 Å². The molecule has 0 atom stereocenters. The lowest BCUT2D eigenvalue weighted by atomic mass is 9.97. The predicted molar refractivity (Wildman–Crippen MR) is 132 cm³/mol. The van der Waals surface area contributed by atoms with E-state index in [1.165, 1.54) is 18.2 Å². The van der Waals surface area contributed by atoms with Crippen LogP contribution in [0.1, 0.15) is 20.7 Å². The molecule has 0 bridgehead atoms. The maximum absolute atomic E-state index is 13.3. The molecule has 0 aliphatic carbocycles. The number of benzene rings is 4. The molecule has 4 aromatic carbocycles. The summed E-state index contributed by atoms with van der Waals surface area (Å²) in [4.78, 5) is 32.4. The monoisotopic (exact) mass is 474 g/mol. The Kier molecular flexibility index (Phi) is 7.34. The van der Waals surface area contributed by atoms with Crippen LogP contribution in [0.15, 0.2) is 109 Å². The minimum Gasteiger partial charge on any atom is -0.457 e. The average molecular weight is 474 g/mol. The van der Waals surface area contributed by atoms with E-state index in [-0.39, 0.29) is 16.9 Å². The number of rotatable bonds is 9. The Bertz CT molecular complexity index is 1520. The maximum Gasteiger partial charge on any atom is 0.454 e. The third-order valence-electron chi connectivity index (χ3n) is 5.03. The van der Waals surface area contributed by atoms with Gasteiger partial charge in [0.15, 0.2) is 0 Å². The number of carbonyl (C=O) groups is 2. The topological polar surface area (TPSA) is 125 Å². The standard InChI is InChI=1S/C28H18N4O4/c29-31-25(27(33)19-10-9-15-22(18-19)35-20-11-3-1-4-12-20)26(32-30)28(34)23-16-7-8-17-24(23)36-21-13-5-2-6-14-21/h1-18H. The van der Waals surface area contributed by atoms with Crippen molar-refractivity contribution >= 4 is 23.0 Å². The smallest absolute Gasteiger partial charge is 0.454 e. The molecule has 4 rings (SSSR count). The number of carbonyl (C=O) groups excluding carboxylic acids is 2. The van der Waals surface area contributed by atoms with Gasteiger partial charge in [-0.3, -0.25) is 9.59 Å². The van der Waals surface area contributed by atoms with Crippen LogP contribution in [0.25, 0.3) is 11.1 Å². The molecule has 0 aliphatic rings. The molecule has 0 N–H and O–H groups in total. The van der Waals surface area contributed by atoms with Crippen molar-refractivity contribution < 1.29 is 28.6 Å². The lowest BCUT2D eigenvalue weighted by molar-refractivity contribution is -0.0243. The summed E-state index contributed by atoms with van der Waals surface area (Å²) in [6.07, 6.45) is 0. The first kappa shape index (κ1) is 23.7. The van der Waals surface area contributed by atoms with Crippen LogP contribution < -0.4 is 9.47 Å². The zero-order valence-corrected chi connectivity index (χ0v) is 18.8. The van der Waals surface area contributed by atoms with Crippen molar-refractivity contribution in [2.75, 3.05) is 0 Å². The van der Waals surface area contributed by atoms with E-state index in [9.17, 15) is 20.7 Å². The second-order valence-corrected chi connectivity index (χ2v) is 7.41. The molecular formula is C28H18N4O4. The molecule has 4 aromatic rings. The molecule has 174 valence electrons. The van der Waals surface area contributed by atoms with Crippen LogP contribution in [-0.4, -0.2) is 32.6 Å². The fourth-order valence-corrected chi connectivity index (χ4v) is 3.35. The first-order valence-corrected chi connectivity index (χ1v) is 10.8. The summed E-state index contributed by atoms with van der Waals surface area (Å²) in [5.74, 6) is -0.179. The van der Waals surface area contributed by atoms with Gasteiger partial charge < -0.3 is 20.5 Å². The maximum atomic E-state index is 13.3. The first-order chi connectivity index (χ1) is 17.6. The van der Waals surface area contributed by atoms with E-state index < -0.39 is 23.0 Å². The van der Waals surface area contributed by atoms with Crippen molar-refractivity contribution in [1.82, 2.24) is 0 Å². The van der Waals surface area contributed by atoms with E-state index in [0.717, 1.165) is 0 Å². The number of nitrogens with zero attached hydrogens (tertiary/aromatic N) is 4. The molecule has 36 heavy (non-hydrogen) atoms. The summed E-state index contributed by atoms with van der Waals surface area (Å²) in [5, 5.41) is 0. The SMILES string of the molecule is [N-]=[N+]=C(C(=O)c1cccc(Oc2ccccc2)c1)C(=[N+]=[N-])C(=O)c1ccccc1Oc1ccccc1. The minimum atomic E-state index is -0.873. The molecule has 0 saturated heterocycles. The summed E-state index contributed by atoms with van der Waals surface area (Å²) in [6.45, 7) is 0. The first-order valence-electron chi connectivity index (χ1n) is 10.8. The molecule has 0 spiro atoms. The quantitative estimate of drug-likeness (QED) is 0.134. The average Bonchev–Trinajstić information content (AvgIpc) is 2.92. The summed E-state index contributed by atoms with van der Waals surface area (Å²) in [6, 6.07) is 30.0. The van der Waals surface area contributed by atoms with Gasteiger partial charge in [-0.2, -0.15) is 9.58 Å². The molecule has 8 heteroatoms. The van der Waals surface area contributed by atoms with Crippen LogP contribution in [0.3, 0.4) is 0 Å². The zero-order valence-electron chi connectivity index (χ0n) is 18.8. The van der Waals surface area contributed by atoms with Crippen LogP contribution in [-0.2, 0) is 0 Å². The fourth-order valence-electron chi connectivity index (χ4n) is 3.35. The van der Waals surface area contributed by atoms with Crippen LogP contribution >= 0.6 is 0 Å². The number of hydrogen-bond acceptors (Lipinski definition) is 4. The summed E-state index contributed by atoms with van der Waals surface area (Å²) in [5.41, 5.74) is 17.8. The molecule has 0 aromatic heterocycles. The molecule has 0 heterocycles. The van der Waals surface area contributed by atoms with Gasteiger partial charge in [0.2, 0.25) is 0 Å². The van der Waals surface area contributed by atoms with Gasteiger partial charge in [-0.05, 0) is 48.5 Å². The Hall–Kier alpha value is -5.42. The lowest BCUT2D eigenvalue weighted by Gasteiger charge is -2.08. The van der Waals surface area contributed by atoms with Crippen LogP contribution in [0, 0.1) is 0 Å². The molecule has 0 saturated carbocycles. The molecule has 0 aliphatic heterocycles. The van der Waals surface area contributed by atoms with Crippen molar-refractivity contribution in [3.05, 3.63) is 131 Å². The summed E-state index contributed by atoms with van der Waals surface area (Å²) >= 11 is 0. The molecular weight excluding hydrogens is 456 g/mol. The van der Waals surface area contributed by atoms with E-state index in [1.54, 1.807) is 78.9 Å². The number of ether oxygens (including phenoxy) is 2. The van der Waals surface area contributed by atoms with Crippen molar-refractivity contribution in [3.8, 4) is 23.0 Å². The number of para-hydroxylation sites is 3. The summed E-state index contributed by atoms with van der Waals surface area (Å²) in [7, 11) is 0. The normalized spacial score (nSPS) is 9.89. The Morgan fingerprint density at radius 3 is 1.72 bits per heavy atom. The van der Waals surface area contributed by atoms with Gasteiger partial charge in [-0.25, -0.2) is 0 Å². The van der Waals surface area contributed by atoms with E-state index in [2.05, 4.69) is 9.58 Å². The largest absolute Gasteiger partial charge is 0.457 e. The second kappa shape index (κ2) is 11.1. The number of Topliss-reactive ketones (excluding diaryl/α,β-unsaturated/α-hetero) is 2. The molecule has 8 nitrogen and oxygen atoms in total. The third-order valence-corrected chi connectivity index (χ3v) is 5.03. The Labute approximate surface area is 206 Å². The van der Waals surface area contributed by atoms with Crippen LogP contribution in [0.5, 0.6) is 23.0 Å². The van der Waals surface area contributed by atoms with Crippen molar-refractivity contribution in [1.29, 1.82) is 0 Å². The Morgan fingerprint density at radius 2 is 1.08 bits per heavy atom. The van der Waals surface area contributed by atoms with Gasteiger partial charge in [0.05, 0.1) is 5.56 Å². The van der Waals surface area contributed by atoms with Gasteiger partial charge in [-0.1, -0.05) is 60.7 Å². The van der Waals surface area contributed by atoms with E-state index >= 15 is 0 Å². The van der Waals surface area contributed by atoms with Gasteiger partial charge in [0.25, 0.3) is 11.6 Å². The molecule has 0 fully saturated rings. The van der Waals surface area contributed by atoms with Gasteiger partial charge in [-0.15, -0.1) is 0 Å². The lowest BCUT2D eigenvalue weighted by Crippen LogP contribution is -2.33. The highest BCUT2D eigenvalue weighted by Gasteiger charge is 2.42. The highest BCUT2D eigenvalue weighted by atomic mass is 16.5. The van der Waals surface area contributed by atoms with Crippen LogP contribution in [0.2, 0.25) is 0 Å². The molecule has 0 amide bonds. The Morgan fingerprint density at radius 1 is 0.556 bits per heavy atom. The van der Waals surface area contributed by atoms with E-state index in [1.807, 2.05) is 12.1 Å². The summed E-state index contributed by atoms with van der Waals surface area (Å²) < 4.78 is 11.5. The predicted octanol–water partition coefficient (Wildman–Crippen LogP) is 5.68. The van der Waals surface area contributed by atoms with E-state index in [0.29, 0.717) is 17.2 Å². The number of ketones is 2. The number of hydrogen-bond donors (Lipinski definition) is 0. The minimum absolute atomic E-state index is 0.00395. The van der Waals surface area contributed by atoms with Gasteiger partial charge in [0.1, 0.15) is 23.0 Å². The second-order valence-electron chi connectivity index (χ2n) is 7.41. The van der Waals surface area contributed by atoms with Gasteiger partial charge in [0, 0.05) is 5.56 Å². The Balaban J connectivity index is 1.62.